The minimum Gasteiger partial charge on any atom is -0.333 e. The summed E-state index contributed by atoms with van der Waals surface area (Å²) in [5.74, 6) is 1.06. The zero-order chi connectivity index (χ0) is 19.6. The van der Waals surface area contributed by atoms with Gasteiger partial charge >= 0.3 is 6.03 Å². The predicted molar refractivity (Wildman–Crippen MR) is 121 cm³/mol. The fourth-order valence-corrected chi connectivity index (χ4v) is 4.47. The molecule has 2 heterocycles. The monoisotopic (exact) mass is 423 g/mol. The van der Waals surface area contributed by atoms with Gasteiger partial charge in [0.15, 0.2) is 0 Å². The molecule has 1 aromatic heterocycles. The molecule has 7 heteroatoms. The van der Waals surface area contributed by atoms with Gasteiger partial charge in [-0.1, -0.05) is 48.5 Å². The second kappa shape index (κ2) is 8.90. The van der Waals surface area contributed by atoms with Crippen molar-refractivity contribution in [1.82, 2.24) is 20.4 Å². The van der Waals surface area contributed by atoms with Crippen LogP contribution >= 0.6 is 12.4 Å². The minimum absolute atomic E-state index is 0. The molecule has 1 saturated heterocycles. The van der Waals surface area contributed by atoms with Crippen molar-refractivity contribution < 1.29 is 4.79 Å². The summed E-state index contributed by atoms with van der Waals surface area (Å²) < 4.78 is 1.87. The highest BCUT2D eigenvalue weighted by atomic mass is 35.5. The van der Waals surface area contributed by atoms with E-state index in [2.05, 4.69) is 28.1 Å². The predicted octanol–water partition coefficient (Wildman–Crippen LogP) is 3.66. The van der Waals surface area contributed by atoms with Crippen LogP contribution in [0.3, 0.4) is 0 Å². The lowest BCUT2D eigenvalue weighted by atomic mass is 9.94. The van der Waals surface area contributed by atoms with E-state index in [1.54, 1.807) is 0 Å². The van der Waals surface area contributed by atoms with E-state index in [0.29, 0.717) is 0 Å². The van der Waals surface area contributed by atoms with Gasteiger partial charge in [0.2, 0.25) is 0 Å². The van der Waals surface area contributed by atoms with Gasteiger partial charge in [-0.05, 0) is 37.0 Å². The van der Waals surface area contributed by atoms with Crippen molar-refractivity contribution in [3.05, 3.63) is 77.5 Å². The van der Waals surface area contributed by atoms with Crippen molar-refractivity contribution in [1.29, 1.82) is 0 Å². The summed E-state index contributed by atoms with van der Waals surface area (Å²) in [7, 11) is 0. The summed E-state index contributed by atoms with van der Waals surface area (Å²) in [6.07, 6.45) is 3.01. The normalized spacial score (nSPS) is 19.7. The van der Waals surface area contributed by atoms with Gasteiger partial charge in [0.25, 0.3) is 0 Å². The molecule has 1 fully saturated rings. The Morgan fingerprint density at radius 2 is 1.73 bits per heavy atom. The van der Waals surface area contributed by atoms with E-state index < -0.39 is 0 Å². The SMILES string of the molecule is Cl.O=C(Nc1c2c(nn1-c1ccccc1)CCC2)NC1CNCC1c1ccccc1. The quantitative estimate of drug-likeness (QED) is 0.599. The molecular formula is C23H26ClN5O. The van der Waals surface area contributed by atoms with Crippen molar-refractivity contribution in [3.8, 4) is 5.69 Å². The lowest BCUT2D eigenvalue weighted by molar-refractivity contribution is 0.248. The number of benzene rings is 2. The van der Waals surface area contributed by atoms with Crippen molar-refractivity contribution in [2.24, 2.45) is 0 Å². The Kier molecular flexibility index (Phi) is 6.06. The van der Waals surface area contributed by atoms with Crippen molar-refractivity contribution in [2.45, 2.75) is 31.2 Å². The Bertz CT molecular complexity index is 1010. The van der Waals surface area contributed by atoms with Crippen LogP contribution in [0.2, 0.25) is 0 Å². The lowest BCUT2D eigenvalue weighted by Gasteiger charge is -2.21. The highest BCUT2D eigenvalue weighted by Gasteiger charge is 2.30. The third-order valence-corrected chi connectivity index (χ3v) is 5.90. The number of halogens is 1. The molecule has 3 N–H and O–H groups in total. The summed E-state index contributed by atoms with van der Waals surface area (Å²) >= 11 is 0. The number of nitrogens with zero attached hydrogens (tertiary/aromatic N) is 2. The van der Waals surface area contributed by atoms with Crippen molar-refractivity contribution in [3.63, 3.8) is 0 Å². The zero-order valence-corrected chi connectivity index (χ0v) is 17.5. The van der Waals surface area contributed by atoms with Gasteiger partial charge in [-0.2, -0.15) is 5.10 Å². The molecule has 2 atom stereocenters. The minimum atomic E-state index is -0.175. The highest BCUT2D eigenvalue weighted by Crippen LogP contribution is 2.31. The summed E-state index contributed by atoms with van der Waals surface area (Å²) in [5, 5.41) is 14.5. The largest absolute Gasteiger partial charge is 0.333 e. The number of rotatable bonds is 4. The molecule has 1 aliphatic carbocycles. The van der Waals surface area contributed by atoms with Gasteiger partial charge in [0, 0.05) is 24.6 Å². The van der Waals surface area contributed by atoms with Gasteiger partial charge in [-0.25, -0.2) is 9.48 Å². The molecule has 0 radical (unpaired) electrons. The number of hydrogen-bond acceptors (Lipinski definition) is 3. The van der Waals surface area contributed by atoms with Crippen LogP contribution < -0.4 is 16.0 Å². The first-order chi connectivity index (χ1) is 14.3. The molecule has 2 aliphatic rings. The molecule has 0 saturated carbocycles. The van der Waals surface area contributed by atoms with Crippen LogP contribution in [0.5, 0.6) is 0 Å². The average molecular weight is 424 g/mol. The molecule has 30 heavy (non-hydrogen) atoms. The highest BCUT2D eigenvalue weighted by molar-refractivity contribution is 5.90. The smallest absolute Gasteiger partial charge is 0.320 e. The molecule has 2 unspecified atom stereocenters. The maximum Gasteiger partial charge on any atom is 0.320 e. The summed E-state index contributed by atoms with van der Waals surface area (Å²) in [4.78, 5) is 12.9. The third kappa shape index (κ3) is 3.93. The van der Waals surface area contributed by atoms with E-state index in [1.165, 1.54) is 5.56 Å². The number of anilines is 1. The Labute approximate surface area is 182 Å². The van der Waals surface area contributed by atoms with Crippen LogP contribution in [-0.2, 0) is 12.8 Å². The van der Waals surface area contributed by atoms with E-state index in [4.69, 9.17) is 5.10 Å². The van der Waals surface area contributed by atoms with Crippen LogP contribution in [0, 0.1) is 0 Å². The summed E-state index contributed by atoms with van der Waals surface area (Å²) in [6.45, 7) is 1.63. The number of carbonyl (C=O) groups excluding carboxylic acids is 1. The van der Waals surface area contributed by atoms with Gasteiger partial charge < -0.3 is 10.6 Å². The second-order valence-electron chi connectivity index (χ2n) is 7.76. The molecular weight excluding hydrogens is 398 g/mol. The first-order valence-corrected chi connectivity index (χ1v) is 10.3. The number of aromatic nitrogens is 2. The molecule has 2 amide bonds. The molecule has 1 aliphatic heterocycles. The van der Waals surface area contributed by atoms with Crippen LogP contribution in [0.1, 0.15) is 29.2 Å². The number of hydrogen-bond donors (Lipinski definition) is 3. The van der Waals surface area contributed by atoms with E-state index in [-0.39, 0.29) is 30.4 Å². The molecule has 3 aromatic rings. The molecule has 5 rings (SSSR count). The number of para-hydroxylation sites is 1. The zero-order valence-electron chi connectivity index (χ0n) is 16.7. The lowest BCUT2D eigenvalue weighted by Crippen LogP contribution is -2.42. The first-order valence-electron chi connectivity index (χ1n) is 10.3. The van der Waals surface area contributed by atoms with Gasteiger partial charge in [-0.3, -0.25) is 5.32 Å². The Hall–Kier alpha value is -2.83. The molecule has 6 nitrogen and oxygen atoms in total. The Balaban J connectivity index is 0.00000218. The van der Waals surface area contributed by atoms with Crippen molar-refractivity contribution >= 4 is 24.3 Å². The Morgan fingerprint density at radius 3 is 2.50 bits per heavy atom. The standard InChI is InChI=1S/C23H25N5O.ClH/c29-23(25-21-15-24-14-19(21)16-8-3-1-4-9-16)26-22-18-12-7-13-20(18)27-28(22)17-10-5-2-6-11-17;/h1-6,8-11,19,21,24H,7,12-15H2,(H2,25,26,29);1H. The molecule has 0 bridgehead atoms. The first kappa shape index (κ1) is 20.4. The molecule has 0 spiro atoms. The van der Waals surface area contributed by atoms with E-state index in [0.717, 1.165) is 55.1 Å². The number of aryl methyl sites for hydroxylation is 1. The number of urea groups is 1. The van der Waals surface area contributed by atoms with E-state index in [9.17, 15) is 4.79 Å². The maximum absolute atomic E-state index is 12.9. The van der Waals surface area contributed by atoms with E-state index >= 15 is 0 Å². The topological polar surface area (TPSA) is 71.0 Å². The second-order valence-corrected chi connectivity index (χ2v) is 7.76. The van der Waals surface area contributed by atoms with Gasteiger partial charge in [-0.15, -0.1) is 12.4 Å². The summed E-state index contributed by atoms with van der Waals surface area (Å²) in [6, 6.07) is 20.2. The Morgan fingerprint density at radius 1 is 1.00 bits per heavy atom. The number of fused-ring (bicyclic) bond motifs is 1. The number of amides is 2. The molecule has 2 aromatic carbocycles. The third-order valence-electron chi connectivity index (χ3n) is 5.90. The number of carbonyl (C=O) groups is 1. The molecule has 156 valence electrons. The number of nitrogens with one attached hydrogen (secondary N) is 3. The fourth-order valence-electron chi connectivity index (χ4n) is 4.47. The van der Waals surface area contributed by atoms with Gasteiger partial charge in [0.1, 0.15) is 5.82 Å². The van der Waals surface area contributed by atoms with Crippen LogP contribution in [0.25, 0.3) is 5.69 Å². The van der Waals surface area contributed by atoms with Crippen molar-refractivity contribution in [2.75, 3.05) is 18.4 Å². The van der Waals surface area contributed by atoms with E-state index in [1.807, 2.05) is 53.2 Å². The van der Waals surface area contributed by atoms with Gasteiger partial charge in [0.05, 0.1) is 17.4 Å². The average Bonchev–Trinajstić information content (AvgIpc) is 3.47. The van der Waals surface area contributed by atoms with Crippen LogP contribution in [0.15, 0.2) is 60.7 Å². The maximum atomic E-state index is 12.9. The summed E-state index contributed by atoms with van der Waals surface area (Å²) in [5.41, 5.74) is 4.46. The van der Waals surface area contributed by atoms with Crippen LogP contribution in [-0.4, -0.2) is 34.9 Å². The fraction of sp³-hybridized carbons (Fsp3) is 0.304. The van der Waals surface area contributed by atoms with Crippen LogP contribution in [0.4, 0.5) is 10.6 Å².